The van der Waals surface area contributed by atoms with Gasteiger partial charge in [0.1, 0.15) is 12.6 Å². The third-order valence-corrected chi connectivity index (χ3v) is 2.53. The maximum Gasteiger partial charge on any atom is 0.323 e. The molecule has 0 fully saturated rings. The third kappa shape index (κ3) is 5.00. The summed E-state index contributed by atoms with van der Waals surface area (Å²) in [7, 11) is 0. The van der Waals surface area contributed by atoms with Crippen LogP contribution < -0.4 is 5.73 Å². The molecule has 0 bridgehead atoms. The summed E-state index contributed by atoms with van der Waals surface area (Å²) >= 11 is 0. The molecule has 17 heavy (non-hydrogen) atoms. The Morgan fingerprint density at radius 2 is 1.88 bits per heavy atom. The first-order valence-corrected chi connectivity index (χ1v) is 5.97. The summed E-state index contributed by atoms with van der Waals surface area (Å²) in [4.78, 5) is 11.6. The predicted octanol–water partition coefficient (Wildman–Crippen LogP) is 2.41. The minimum absolute atomic E-state index is 0.297. The summed E-state index contributed by atoms with van der Waals surface area (Å²) in [6, 6.07) is 7.39. The van der Waals surface area contributed by atoms with Gasteiger partial charge in [-0.3, -0.25) is 4.79 Å². The van der Waals surface area contributed by atoms with Crippen molar-refractivity contribution in [2.45, 2.75) is 39.8 Å². The van der Waals surface area contributed by atoms with Crippen molar-refractivity contribution in [3.8, 4) is 0 Å². The van der Waals surface area contributed by atoms with E-state index >= 15 is 0 Å². The van der Waals surface area contributed by atoms with Gasteiger partial charge >= 0.3 is 5.97 Å². The fraction of sp³-hybridized carbons (Fsp3) is 0.500. The molecule has 0 heterocycles. The zero-order valence-corrected chi connectivity index (χ0v) is 10.8. The van der Waals surface area contributed by atoms with Crippen LogP contribution in [0.2, 0.25) is 0 Å². The molecule has 0 aliphatic carbocycles. The molecule has 0 aliphatic rings. The lowest BCUT2D eigenvalue weighted by atomic mass is 10.1. The first-order valence-electron chi connectivity index (χ1n) is 5.97. The Labute approximate surface area is 103 Å². The van der Waals surface area contributed by atoms with Crippen molar-refractivity contribution in [1.29, 1.82) is 0 Å². The van der Waals surface area contributed by atoms with E-state index in [1.54, 1.807) is 0 Å². The van der Waals surface area contributed by atoms with E-state index in [9.17, 15) is 4.79 Å². The predicted molar refractivity (Wildman–Crippen MR) is 68.4 cm³/mol. The highest BCUT2D eigenvalue weighted by molar-refractivity contribution is 5.75. The van der Waals surface area contributed by atoms with Crippen molar-refractivity contribution in [1.82, 2.24) is 0 Å². The van der Waals surface area contributed by atoms with Gasteiger partial charge in [0.25, 0.3) is 0 Å². The second-order valence-electron chi connectivity index (χ2n) is 4.83. The average Bonchev–Trinajstić information content (AvgIpc) is 2.27. The van der Waals surface area contributed by atoms with Crippen molar-refractivity contribution in [3.05, 3.63) is 35.4 Å². The first-order chi connectivity index (χ1) is 7.99. The van der Waals surface area contributed by atoms with Gasteiger partial charge in [-0.15, -0.1) is 0 Å². The van der Waals surface area contributed by atoms with Crippen LogP contribution >= 0.6 is 0 Å². The molecule has 0 saturated heterocycles. The molecule has 0 radical (unpaired) electrons. The second-order valence-corrected chi connectivity index (χ2v) is 4.83. The molecule has 0 aliphatic heterocycles. The number of ether oxygens (including phenoxy) is 1. The number of esters is 1. The minimum Gasteiger partial charge on any atom is -0.460 e. The maximum atomic E-state index is 11.6. The normalized spacial score (nSPS) is 12.5. The maximum absolute atomic E-state index is 11.6. The first kappa shape index (κ1) is 13.7. The number of carbonyl (C=O) groups is 1. The quantitative estimate of drug-likeness (QED) is 0.797. The molecule has 1 aromatic rings. The van der Waals surface area contributed by atoms with Crippen LogP contribution in [0.4, 0.5) is 0 Å². The van der Waals surface area contributed by atoms with Crippen LogP contribution in [0.3, 0.4) is 0 Å². The van der Waals surface area contributed by atoms with Gasteiger partial charge in [0, 0.05) is 0 Å². The highest BCUT2D eigenvalue weighted by Crippen LogP contribution is 2.07. The molecular formula is C14H21NO2. The van der Waals surface area contributed by atoms with Crippen LogP contribution in [0, 0.1) is 12.8 Å². The molecule has 3 nitrogen and oxygen atoms in total. The fourth-order valence-corrected chi connectivity index (χ4v) is 1.55. The van der Waals surface area contributed by atoms with Gasteiger partial charge in [0.05, 0.1) is 0 Å². The van der Waals surface area contributed by atoms with Gasteiger partial charge in [-0.25, -0.2) is 0 Å². The Balaban J connectivity index is 2.40. The van der Waals surface area contributed by atoms with Crippen LogP contribution in [0.25, 0.3) is 0 Å². The van der Waals surface area contributed by atoms with E-state index in [0.29, 0.717) is 18.9 Å². The van der Waals surface area contributed by atoms with E-state index in [1.807, 2.05) is 45.0 Å². The van der Waals surface area contributed by atoms with E-state index in [2.05, 4.69) is 0 Å². The summed E-state index contributed by atoms with van der Waals surface area (Å²) < 4.78 is 5.17. The van der Waals surface area contributed by atoms with Gasteiger partial charge in [0.15, 0.2) is 0 Å². The molecule has 0 saturated carbocycles. The number of nitrogens with two attached hydrogens (primary N) is 1. The Morgan fingerprint density at radius 3 is 2.41 bits per heavy atom. The average molecular weight is 235 g/mol. The number of hydrogen-bond donors (Lipinski definition) is 1. The third-order valence-electron chi connectivity index (χ3n) is 2.53. The smallest absolute Gasteiger partial charge is 0.323 e. The molecular weight excluding hydrogens is 214 g/mol. The number of benzene rings is 1. The number of hydrogen-bond acceptors (Lipinski definition) is 3. The zero-order chi connectivity index (χ0) is 12.8. The minimum atomic E-state index is -0.513. The van der Waals surface area contributed by atoms with E-state index in [1.165, 1.54) is 5.56 Å². The topological polar surface area (TPSA) is 52.3 Å². The van der Waals surface area contributed by atoms with Crippen molar-refractivity contribution in [3.63, 3.8) is 0 Å². The van der Waals surface area contributed by atoms with Crippen molar-refractivity contribution in [2.24, 2.45) is 11.7 Å². The Morgan fingerprint density at radius 1 is 1.29 bits per heavy atom. The molecule has 1 atom stereocenters. The summed E-state index contributed by atoms with van der Waals surface area (Å²) in [6.07, 6.45) is 0.659. The van der Waals surface area contributed by atoms with Crippen molar-refractivity contribution in [2.75, 3.05) is 0 Å². The Bertz CT molecular complexity index is 357. The van der Waals surface area contributed by atoms with Gasteiger partial charge in [-0.2, -0.15) is 0 Å². The molecule has 0 spiro atoms. The van der Waals surface area contributed by atoms with Crippen LogP contribution in [0.5, 0.6) is 0 Å². The molecule has 1 rings (SSSR count). The number of carbonyl (C=O) groups excluding carboxylic acids is 1. The number of aryl methyl sites for hydroxylation is 1. The van der Waals surface area contributed by atoms with Gasteiger partial charge in [-0.05, 0) is 24.8 Å². The van der Waals surface area contributed by atoms with Gasteiger partial charge in [0.2, 0.25) is 0 Å². The molecule has 0 amide bonds. The van der Waals surface area contributed by atoms with Crippen LogP contribution in [0.1, 0.15) is 31.4 Å². The van der Waals surface area contributed by atoms with Crippen LogP contribution in [-0.2, 0) is 16.1 Å². The standard InChI is InChI=1S/C14H21NO2/c1-10(2)8-13(15)14(16)17-9-12-6-4-11(3)5-7-12/h4-7,10,13H,8-9,15H2,1-3H3. The summed E-state index contributed by atoms with van der Waals surface area (Å²) in [6.45, 7) is 6.39. The Kier molecular flexibility index (Phi) is 5.16. The van der Waals surface area contributed by atoms with Crippen LogP contribution in [0.15, 0.2) is 24.3 Å². The SMILES string of the molecule is Cc1ccc(COC(=O)C(N)CC(C)C)cc1. The van der Waals surface area contributed by atoms with Gasteiger partial charge < -0.3 is 10.5 Å². The second kappa shape index (κ2) is 6.40. The molecule has 2 N–H and O–H groups in total. The molecule has 3 heteroatoms. The lowest BCUT2D eigenvalue weighted by Gasteiger charge is -2.13. The largest absolute Gasteiger partial charge is 0.460 e. The molecule has 0 aromatic heterocycles. The van der Waals surface area contributed by atoms with Crippen LogP contribution in [-0.4, -0.2) is 12.0 Å². The summed E-state index contributed by atoms with van der Waals surface area (Å²) in [5.41, 5.74) is 7.91. The van der Waals surface area contributed by atoms with Gasteiger partial charge in [-0.1, -0.05) is 43.7 Å². The van der Waals surface area contributed by atoms with Crippen molar-refractivity contribution >= 4 is 5.97 Å². The number of rotatable bonds is 5. The lowest BCUT2D eigenvalue weighted by molar-refractivity contribution is -0.146. The highest BCUT2D eigenvalue weighted by atomic mass is 16.5. The molecule has 1 aromatic carbocycles. The fourth-order valence-electron chi connectivity index (χ4n) is 1.55. The summed E-state index contributed by atoms with van der Waals surface area (Å²) in [5.74, 6) is 0.0798. The van der Waals surface area contributed by atoms with E-state index < -0.39 is 6.04 Å². The lowest BCUT2D eigenvalue weighted by Crippen LogP contribution is -2.33. The summed E-state index contributed by atoms with van der Waals surface area (Å²) in [5, 5.41) is 0. The molecule has 94 valence electrons. The highest BCUT2D eigenvalue weighted by Gasteiger charge is 2.16. The molecule has 1 unspecified atom stereocenters. The van der Waals surface area contributed by atoms with Crippen molar-refractivity contribution < 1.29 is 9.53 Å². The van der Waals surface area contributed by atoms with E-state index in [0.717, 1.165) is 5.56 Å². The Hall–Kier alpha value is -1.35. The van der Waals surface area contributed by atoms with E-state index in [4.69, 9.17) is 10.5 Å². The van der Waals surface area contributed by atoms with E-state index in [-0.39, 0.29) is 5.97 Å². The zero-order valence-electron chi connectivity index (χ0n) is 10.8. The monoisotopic (exact) mass is 235 g/mol.